The van der Waals surface area contributed by atoms with Crippen molar-refractivity contribution in [3.05, 3.63) is 47.6 Å². The number of Topliss-reactive ketones (excluding diaryl/α,β-unsaturated/α-hetero) is 1. The molecule has 4 saturated carbocycles. The number of ether oxygens (including phenoxy) is 1. The molecule has 1 aromatic carbocycles. The second kappa shape index (κ2) is 10.8. The minimum Gasteiger partial charge on any atom is -0.508 e. The Hall–Kier alpha value is -2.40. The van der Waals surface area contributed by atoms with Crippen LogP contribution < -0.4 is 0 Å². The van der Waals surface area contributed by atoms with E-state index < -0.39 is 23.6 Å². The van der Waals surface area contributed by atoms with Crippen molar-refractivity contribution >= 4 is 17.8 Å². The van der Waals surface area contributed by atoms with Crippen molar-refractivity contribution in [2.24, 2.45) is 56.7 Å². The van der Waals surface area contributed by atoms with Crippen molar-refractivity contribution in [3.8, 4) is 5.75 Å². The number of aliphatic hydroxyl groups is 1. The summed E-state index contributed by atoms with van der Waals surface area (Å²) in [6.07, 6.45) is 12.3. The van der Waals surface area contributed by atoms with Gasteiger partial charge in [0.05, 0.1) is 6.10 Å². The van der Waals surface area contributed by atoms with Crippen LogP contribution in [0.2, 0.25) is 0 Å². The highest BCUT2D eigenvalue weighted by Gasteiger charge is 2.70. The van der Waals surface area contributed by atoms with Crippen LogP contribution in [0, 0.1) is 56.7 Å². The molecule has 4 fully saturated rings. The molecule has 0 bridgehead atoms. The van der Waals surface area contributed by atoms with E-state index in [1.807, 2.05) is 6.92 Å². The zero-order valence-corrected chi connectivity index (χ0v) is 28.9. The Balaban J connectivity index is 1.29. The summed E-state index contributed by atoms with van der Waals surface area (Å²) in [6, 6.07) is 6.67. The predicted molar refractivity (Wildman–Crippen MR) is 178 cm³/mol. The number of carbonyl (C=O) groups is 2. The largest absolute Gasteiger partial charge is 0.508 e. The average Bonchev–Trinajstić information content (AvgIpc) is 2.97. The van der Waals surface area contributed by atoms with E-state index in [-0.39, 0.29) is 27.4 Å². The van der Waals surface area contributed by atoms with Crippen LogP contribution in [-0.4, -0.2) is 34.2 Å². The van der Waals surface area contributed by atoms with Gasteiger partial charge in [-0.1, -0.05) is 72.2 Å². The Morgan fingerprint density at radius 1 is 0.933 bits per heavy atom. The molecule has 246 valence electrons. The van der Waals surface area contributed by atoms with Crippen LogP contribution in [0.15, 0.2) is 42.0 Å². The van der Waals surface area contributed by atoms with Crippen LogP contribution in [0.3, 0.4) is 0 Å². The van der Waals surface area contributed by atoms with Gasteiger partial charge in [0.25, 0.3) is 0 Å². The number of esters is 1. The minimum atomic E-state index is -0.747. The molecule has 0 heterocycles. The lowest BCUT2D eigenvalue weighted by molar-refractivity contribution is -0.238. The summed E-state index contributed by atoms with van der Waals surface area (Å²) in [6.45, 7) is 18.5. The molecule has 5 aliphatic rings. The van der Waals surface area contributed by atoms with E-state index in [0.29, 0.717) is 41.8 Å². The summed E-state index contributed by atoms with van der Waals surface area (Å²) in [5.41, 5.74) is 1.75. The fourth-order valence-electron chi connectivity index (χ4n) is 12.4. The molecular weight excluding hydrogens is 560 g/mol. The Kier molecular flexibility index (Phi) is 7.83. The Morgan fingerprint density at radius 3 is 2.29 bits per heavy atom. The van der Waals surface area contributed by atoms with E-state index >= 15 is 0 Å². The Bertz CT molecular complexity index is 1410. The molecule has 0 saturated heterocycles. The number of benzene rings is 1. The summed E-state index contributed by atoms with van der Waals surface area (Å²) < 4.78 is 6.07. The zero-order chi connectivity index (χ0) is 32.7. The molecule has 45 heavy (non-hydrogen) atoms. The molecule has 2 N–H and O–H groups in total. The molecule has 11 atom stereocenters. The highest BCUT2D eigenvalue weighted by atomic mass is 16.6. The molecule has 6 rings (SSSR count). The van der Waals surface area contributed by atoms with E-state index in [1.54, 1.807) is 35.9 Å². The van der Waals surface area contributed by atoms with Gasteiger partial charge in [-0.2, -0.15) is 0 Å². The van der Waals surface area contributed by atoms with E-state index in [9.17, 15) is 19.8 Å². The summed E-state index contributed by atoms with van der Waals surface area (Å²) >= 11 is 0. The third kappa shape index (κ3) is 4.64. The first-order chi connectivity index (χ1) is 21.0. The van der Waals surface area contributed by atoms with E-state index in [0.717, 1.165) is 50.5 Å². The molecule has 0 amide bonds. The van der Waals surface area contributed by atoms with Crippen LogP contribution in [-0.2, 0) is 14.3 Å². The van der Waals surface area contributed by atoms with Crippen molar-refractivity contribution in [2.75, 3.05) is 0 Å². The second-order valence-corrected chi connectivity index (χ2v) is 17.2. The zero-order valence-electron chi connectivity index (χ0n) is 28.9. The molecule has 0 spiro atoms. The van der Waals surface area contributed by atoms with E-state index in [4.69, 9.17) is 4.74 Å². The molecule has 5 nitrogen and oxygen atoms in total. The lowest BCUT2D eigenvalue weighted by atomic mass is 9.33. The first kappa shape index (κ1) is 32.5. The first-order valence-corrected chi connectivity index (χ1v) is 17.6. The number of allylic oxidation sites excluding steroid dienone is 2. The number of ketones is 1. The lowest BCUT2D eigenvalue weighted by Crippen LogP contribution is -2.67. The Labute approximate surface area is 270 Å². The van der Waals surface area contributed by atoms with Crippen molar-refractivity contribution < 1.29 is 24.5 Å². The van der Waals surface area contributed by atoms with Crippen LogP contribution >= 0.6 is 0 Å². The molecule has 5 aliphatic carbocycles. The van der Waals surface area contributed by atoms with Crippen LogP contribution in [0.1, 0.15) is 112 Å². The fraction of sp³-hybridized carbons (Fsp3) is 0.700. The van der Waals surface area contributed by atoms with Crippen molar-refractivity contribution in [3.63, 3.8) is 0 Å². The molecule has 0 unspecified atom stereocenters. The maximum atomic E-state index is 13.4. The number of phenols is 1. The first-order valence-electron chi connectivity index (χ1n) is 17.6. The van der Waals surface area contributed by atoms with Crippen molar-refractivity contribution in [2.45, 2.75) is 119 Å². The highest BCUT2D eigenvalue weighted by molar-refractivity contribution is 5.87. The highest BCUT2D eigenvalue weighted by Crippen LogP contribution is 2.76. The van der Waals surface area contributed by atoms with E-state index in [1.165, 1.54) is 6.08 Å². The van der Waals surface area contributed by atoms with Gasteiger partial charge in [-0.3, -0.25) is 4.79 Å². The molecule has 1 aromatic rings. The Morgan fingerprint density at radius 2 is 1.62 bits per heavy atom. The standard InChI is InChI=1S/C40H56O5/c1-24-17-20-40(26(3)41)22-21-38(7)29(34(40)25(24)2)14-15-32-37(6)23-30(43)35(36(4,5)31(37)18-19-39(32,38)8)45-33(44)16-11-27-9-12-28(42)13-10-27/h9-14,16,24-25,30-32,34-35,42-43H,15,17-23H2,1-8H3/b16-11+/t24-,25+,30-,31+,32-,34+,35+,37+,38-,39-,40-/m1/s1. The van der Waals surface area contributed by atoms with Gasteiger partial charge in [-0.25, -0.2) is 4.79 Å². The number of aliphatic hydroxyl groups excluding tert-OH is 1. The minimum absolute atomic E-state index is 0.0241. The number of fused-ring (bicyclic) bond motifs is 7. The second-order valence-electron chi connectivity index (χ2n) is 17.2. The smallest absolute Gasteiger partial charge is 0.331 e. The third-order valence-corrected chi connectivity index (χ3v) is 15.1. The SMILES string of the molecule is CC(=O)[C@]12CC[C@@H](C)[C@H](C)[C@H]1C1=CC[C@@H]3[C@@]4(C)C[C@@H](O)[C@H](OC(=O)/C=C/c5ccc(O)cc5)C(C)(C)[C@@H]4CC[C@@]3(C)[C@]1(C)CC2. The molecule has 5 heteroatoms. The van der Waals surface area contributed by atoms with Gasteiger partial charge in [-0.05, 0) is 128 Å². The van der Waals surface area contributed by atoms with Gasteiger partial charge in [-0.15, -0.1) is 0 Å². The average molecular weight is 617 g/mol. The lowest BCUT2D eigenvalue weighted by Gasteiger charge is -2.71. The van der Waals surface area contributed by atoms with Gasteiger partial charge in [0.15, 0.2) is 0 Å². The number of hydrogen-bond donors (Lipinski definition) is 2. The van der Waals surface area contributed by atoms with Crippen LogP contribution in [0.4, 0.5) is 0 Å². The topological polar surface area (TPSA) is 83.8 Å². The summed E-state index contributed by atoms with van der Waals surface area (Å²) in [5.74, 6) is 2.27. The summed E-state index contributed by atoms with van der Waals surface area (Å²) in [5, 5.41) is 21.3. The predicted octanol–water partition coefficient (Wildman–Crippen LogP) is 8.53. The number of rotatable bonds is 4. The monoisotopic (exact) mass is 616 g/mol. The maximum absolute atomic E-state index is 13.4. The van der Waals surface area contributed by atoms with Gasteiger partial charge in [0.1, 0.15) is 17.6 Å². The number of aromatic hydroxyl groups is 1. The molecule has 0 radical (unpaired) electrons. The van der Waals surface area contributed by atoms with Gasteiger partial charge >= 0.3 is 5.97 Å². The normalized spacial score (nSPS) is 45.4. The fourth-order valence-corrected chi connectivity index (χ4v) is 12.4. The van der Waals surface area contributed by atoms with E-state index in [2.05, 4.69) is 54.5 Å². The quantitative estimate of drug-likeness (QED) is 0.201. The van der Waals surface area contributed by atoms with Gasteiger partial charge < -0.3 is 14.9 Å². The van der Waals surface area contributed by atoms with Crippen LogP contribution in [0.5, 0.6) is 5.75 Å². The molecule has 0 aromatic heterocycles. The number of phenolic OH excluding ortho intramolecular Hbond substituents is 1. The van der Waals surface area contributed by atoms with Gasteiger partial charge in [0, 0.05) is 16.9 Å². The summed E-state index contributed by atoms with van der Waals surface area (Å²) in [4.78, 5) is 26.5. The van der Waals surface area contributed by atoms with Gasteiger partial charge in [0.2, 0.25) is 0 Å². The maximum Gasteiger partial charge on any atom is 0.331 e. The third-order valence-electron chi connectivity index (χ3n) is 15.1. The van der Waals surface area contributed by atoms with Crippen LogP contribution in [0.25, 0.3) is 6.08 Å². The van der Waals surface area contributed by atoms with Crippen molar-refractivity contribution in [1.29, 1.82) is 0 Å². The summed E-state index contributed by atoms with van der Waals surface area (Å²) in [7, 11) is 0. The molecular formula is C40H56O5. The van der Waals surface area contributed by atoms with Crippen molar-refractivity contribution in [1.82, 2.24) is 0 Å². The number of hydrogen-bond acceptors (Lipinski definition) is 5. The molecule has 0 aliphatic heterocycles. The number of carbonyl (C=O) groups excluding carboxylic acids is 2.